The maximum atomic E-state index is 13.5. The Morgan fingerprint density at radius 2 is 0.955 bits per heavy atom. The molecule has 0 aromatic carbocycles. The van der Waals surface area contributed by atoms with Gasteiger partial charge in [-0.15, -0.1) is 0 Å². The van der Waals surface area contributed by atoms with E-state index in [1.807, 2.05) is 23.6 Å². The molecule has 2 aliphatic heterocycles. The highest BCUT2D eigenvalue weighted by atomic mass is 79.9. The minimum Gasteiger partial charge on any atom is -0.390 e. The molecule has 0 spiro atoms. The molecule has 10 nitrogen and oxygen atoms in total. The molecule has 8 aliphatic carbocycles. The third-order valence-corrected chi connectivity index (χ3v) is 21.7. The van der Waals surface area contributed by atoms with Gasteiger partial charge in [-0.1, -0.05) is 37.2 Å². The van der Waals surface area contributed by atoms with Crippen LogP contribution in [-0.4, -0.2) is 124 Å². The van der Waals surface area contributed by atoms with Gasteiger partial charge in [-0.3, -0.25) is 24.1 Å². The van der Waals surface area contributed by atoms with Gasteiger partial charge in [0.1, 0.15) is 11.6 Å². The summed E-state index contributed by atoms with van der Waals surface area (Å²) >= 11 is 3.42. The Bertz CT molecular complexity index is 1710. The van der Waals surface area contributed by atoms with Crippen molar-refractivity contribution in [3.05, 3.63) is 0 Å². The molecule has 0 radical (unpaired) electrons. The Morgan fingerprint density at radius 3 is 1.38 bits per heavy atom. The summed E-state index contributed by atoms with van der Waals surface area (Å²) in [5, 5.41) is 24.8. The zero-order valence-electron chi connectivity index (χ0n) is 41.5. The first-order chi connectivity index (χ1) is 30.8. The smallest absolute Gasteiger partial charge is 0.219 e. The van der Waals surface area contributed by atoms with Crippen molar-refractivity contribution < 1.29 is 29.4 Å². The summed E-state index contributed by atoms with van der Waals surface area (Å²) in [4.78, 5) is 54.3. The highest BCUT2D eigenvalue weighted by Gasteiger charge is 2.60. The molecule has 2 amide bonds. The lowest BCUT2D eigenvalue weighted by molar-refractivity contribution is -0.135. The third-order valence-electron chi connectivity index (χ3n) is 21.1. The molecular weight excluding hydrogens is 893 g/mol. The monoisotopic (exact) mass is 985 g/mol. The van der Waals surface area contributed by atoms with Crippen LogP contribution in [0.3, 0.4) is 0 Å². The minimum atomic E-state index is -0.446. The molecule has 8 saturated carbocycles. The number of amides is 2. The SMILES string of the molecule is C.CC(=O)N1CCN(CC(=O)[C@H]2CC[C@H]3[C@@H]4CC[C@@H]5C[C@](C)(O)CC[C@@H]5[C@H]4CC[C@]23C)CC1.CC(=O)N1CCNCC1.C[C@@]1(O)CC[C@H]2[C@H](CC[C@@H]3[C@@H]2CC[C@]2(C)[C@@H](C(=O)CBr)CC[C@@H]32)C1. The van der Waals surface area contributed by atoms with Crippen LogP contribution in [0.2, 0.25) is 0 Å². The molecule has 0 unspecified atom stereocenters. The van der Waals surface area contributed by atoms with Gasteiger partial charge in [0, 0.05) is 78.0 Å². The van der Waals surface area contributed by atoms with Gasteiger partial charge in [0.25, 0.3) is 0 Å². The van der Waals surface area contributed by atoms with E-state index in [4.69, 9.17) is 0 Å². The van der Waals surface area contributed by atoms with Gasteiger partial charge < -0.3 is 25.3 Å². The Morgan fingerprint density at radius 1 is 0.530 bits per heavy atom. The van der Waals surface area contributed by atoms with Gasteiger partial charge in [0.2, 0.25) is 11.8 Å². The number of alkyl halides is 1. The lowest BCUT2D eigenvalue weighted by atomic mass is 9.49. The molecule has 0 bridgehead atoms. The Kier molecular flexibility index (Phi) is 16.8. The van der Waals surface area contributed by atoms with Gasteiger partial charge >= 0.3 is 0 Å². The van der Waals surface area contributed by atoms with E-state index in [1.54, 1.807) is 13.8 Å². The molecule has 10 fully saturated rings. The quantitative estimate of drug-likeness (QED) is 0.233. The van der Waals surface area contributed by atoms with Crippen LogP contribution in [0.25, 0.3) is 0 Å². The average Bonchev–Trinajstić information content (AvgIpc) is 3.83. The summed E-state index contributed by atoms with van der Waals surface area (Å²) in [6.45, 7) is 19.6. The van der Waals surface area contributed by atoms with Crippen molar-refractivity contribution >= 4 is 39.3 Å². The number of carbonyl (C=O) groups is 4. The van der Waals surface area contributed by atoms with Crippen LogP contribution in [0.4, 0.5) is 0 Å². The Balaban J connectivity index is 0.000000167. The normalized spacial score (nSPS) is 45.0. The zero-order chi connectivity index (χ0) is 46.5. The van der Waals surface area contributed by atoms with Crippen LogP contribution in [0.5, 0.6) is 0 Å². The Labute approximate surface area is 408 Å². The van der Waals surface area contributed by atoms with E-state index in [1.165, 1.54) is 77.0 Å². The number of nitrogens with zero attached hydrogens (tertiary/aromatic N) is 3. The standard InChI is InChI=1S/C27H44N2O3.C21H33BrO2.C6H12N2O.CH4/c1-18(30)29-14-12-28(13-15-29)17-25(31)24-7-6-23-22-5-4-19-16-26(2,32)10-8-20(19)21(22)9-11-27(23,24)3;1-20(24)9-7-14-13(11-20)3-4-16-15(14)8-10-21(2)17(16)5-6-18(21)19(23)12-22;1-6(9)8-4-2-7-3-5-8;/h19-24,32H,4-17H2,1-3H3;13-18,24H,3-12H2,1-2H3;7H,2-5H2,1H3;1H4/t19-,20+,21-,22-,23+,24-,26-,27+;13-,14+,15-,16-,17+,18-,20-,21+;;/m11../s1. The minimum absolute atomic E-state index is 0. The number of Topliss-reactive ketones (excluding diaryl/α,β-unsaturated/α-hetero) is 2. The van der Waals surface area contributed by atoms with Crippen LogP contribution in [-0.2, 0) is 19.2 Å². The fourth-order valence-corrected chi connectivity index (χ4v) is 18.2. The van der Waals surface area contributed by atoms with Crippen LogP contribution in [0.15, 0.2) is 0 Å². The second kappa shape index (κ2) is 21.1. The summed E-state index contributed by atoms with van der Waals surface area (Å²) in [6, 6.07) is 0. The van der Waals surface area contributed by atoms with Crippen molar-refractivity contribution in [3.63, 3.8) is 0 Å². The first kappa shape index (κ1) is 52.4. The van der Waals surface area contributed by atoms with Crippen molar-refractivity contribution in [1.29, 1.82) is 0 Å². The topological polar surface area (TPSA) is 130 Å². The van der Waals surface area contributed by atoms with E-state index >= 15 is 0 Å². The zero-order valence-corrected chi connectivity index (χ0v) is 43.1. The van der Waals surface area contributed by atoms with Crippen molar-refractivity contribution in [3.8, 4) is 0 Å². The first-order valence-corrected chi connectivity index (χ1v) is 28.0. The fourth-order valence-electron chi connectivity index (χ4n) is 17.8. The largest absolute Gasteiger partial charge is 0.390 e. The number of carbonyl (C=O) groups excluding carboxylic acids is 4. The lowest BCUT2D eigenvalue weighted by Gasteiger charge is -2.57. The fraction of sp³-hybridized carbons (Fsp3) is 0.927. The van der Waals surface area contributed by atoms with Crippen LogP contribution in [0, 0.1) is 81.8 Å². The highest BCUT2D eigenvalue weighted by molar-refractivity contribution is 9.09. The Hall–Kier alpha value is -1.40. The number of fused-ring (bicyclic) bond motifs is 10. The lowest BCUT2D eigenvalue weighted by Crippen LogP contribution is -2.52. The number of piperazine rings is 2. The van der Waals surface area contributed by atoms with Crippen molar-refractivity contribution in [2.45, 2.75) is 176 Å². The molecule has 11 heteroatoms. The van der Waals surface area contributed by atoms with Gasteiger partial charge in [-0.2, -0.15) is 0 Å². The van der Waals surface area contributed by atoms with E-state index in [0.717, 1.165) is 144 Å². The number of nitrogens with one attached hydrogen (secondary N) is 1. The maximum absolute atomic E-state index is 13.5. The molecule has 10 aliphatic rings. The molecule has 10 rings (SSSR count). The molecule has 376 valence electrons. The average molecular weight is 986 g/mol. The molecule has 0 aromatic heterocycles. The van der Waals surface area contributed by atoms with E-state index in [2.05, 4.69) is 40.0 Å². The first-order valence-electron chi connectivity index (χ1n) is 26.8. The van der Waals surface area contributed by atoms with E-state index in [0.29, 0.717) is 35.3 Å². The van der Waals surface area contributed by atoms with Gasteiger partial charge in [0.15, 0.2) is 0 Å². The van der Waals surface area contributed by atoms with Gasteiger partial charge in [0.05, 0.1) is 23.1 Å². The van der Waals surface area contributed by atoms with Gasteiger partial charge in [-0.25, -0.2) is 0 Å². The number of ketones is 2. The molecule has 0 aromatic rings. The molecular formula is C55H93BrN4O6. The predicted octanol–water partition coefficient (Wildman–Crippen LogP) is 8.78. The number of aliphatic hydroxyl groups is 2. The summed E-state index contributed by atoms with van der Waals surface area (Å²) in [6.07, 6.45) is 21.5. The predicted molar refractivity (Wildman–Crippen MR) is 267 cm³/mol. The van der Waals surface area contributed by atoms with E-state index < -0.39 is 11.2 Å². The van der Waals surface area contributed by atoms with Gasteiger partial charge in [-0.05, 0) is 199 Å². The maximum Gasteiger partial charge on any atom is 0.219 e. The molecule has 16 atom stereocenters. The van der Waals surface area contributed by atoms with E-state index in [9.17, 15) is 29.4 Å². The van der Waals surface area contributed by atoms with Crippen molar-refractivity contribution in [2.24, 2.45) is 81.8 Å². The molecule has 3 N–H and O–H groups in total. The molecule has 66 heavy (non-hydrogen) atoms. The van der Waals surface area contributed by atoms with Crippen LogP contribution < -0.4 is 5.32 Å². The number of halogens is 1. The second-order valence-electron chi connectivity index (χ2n) is 24.8. The summed E-state index contributed by atoms with van der Waals surface area (Å²) < 4.78 is 0. The van der Waals surface area contributed by atoms with Crippen LogP contribution in [0.1, 0.15) is 165 Å². The second-order valence-corrected chi connectivity index (χ2v) is 25.4. The summed E-state index contributed by atoms with van der Waals surface area (Å²) in [5.41, 5.74) is -0.415. The molecule has 2 heterocycles. The van der Waals surface area contributed by atoms with Crippen molar-refractivity contribution in [1.82, 2.24) is 20.0 Å². The number of rotatable bonds is 5. The van der Waals surface area contributed by atoms with E-state index in [-0.39, 0.29) is 36.0 Å². The summed E-state index contributed by atoms with van der Waals surface area (Å²) in [5.74, 6) is 9.74. The summed E-state index contributed by atoms with van der Waals surface area (Å²) in [7, 11) is 0. The highest BCUT2D eigenvalue weighted by Crippen LogP contribution is 2.66. The van der Waals surface area contributed by atoms with Crippen molar-refractivity contribution in [2.75, 3.05) is 64.2 Å². The van der Waals surface area contributed by atoms with Crippen LogP contribution >= 0.6 is 15.9 Å². The molecule has 2 saturated heterocycles. The third kappa shape index (κ3) is 10.8. The number of hydrogen-bond donors (Lipinski definition) is 3. The number of hydrogen-bond acceptors (Lipinski definition) is 8.